The van der Waals surface area contributed by atoms with Gasteiger partial charge in [-0.2, -0.15) is 0 Å². The second-order valence-corrected chi connectivity index (χ2v) is 0.627. The summed E-state index contributed by atoms with van der Waals surface area (Å²) in [6, 6.07) is 0. The number of rotatable bonds is 1. The van der Waals surface area contributed by atoms with Crippen molar-refractivity contribution in [1.82, 2.24) is 0 Å². The van der Waals surface area contributed by atoms with Crippen molar-refractivity contribution in [2.75, 3.05) is 0 Å². The molecule has 0 aromatic carbocycles. The zero-order valence-electron chi connectivity index (χ0n) is 2.62. The molecule has 2 heteroatoms. The first kappa shape index (κ1) is 4.86. The van der Waals surface area contributed by atoms with Crippen LogP contribution in [0.15, 0.2) is 0 Å². The standard InChI is InChI=1S/C3H4F2/c1-2-3(4)5/h1,3H,2H2. The van der Waals surface area contributed by atoms with E-state index in [1.807, 2.05) is 0 Å². The van der Waals surface area contributed by atoms with E-state index in [9.17, 15) is 8.78 Å². The third-order valence-corrected chi connectivity index (χ3v) is 0.178. The van der Waals surface area contributed by atoms with Gasteiger partial charge in [-0.3, -0.25) is 0 Å². The van der Waals surface area contributed by atoms with Crippen LogP contribution >= 0.6 is 0 Å². The topological polar surface area (TPSA) is 0 Å². The zero-order valence-corrected chi connectivity index (χ0v) is 2.62. The lowest BCUT2D eigenvalue weighted by Gasteiger charge is -1.81. The Bertz CT molecular complexity index is 18.9. The summed E-state index contributed by atoms with van der Waals surface area (Å²) in [5, 5.41) is 0. The summed E-state index contributed by atoms with van der Waals surface area (Å²) in [6.07, 6.45) is -2.87. The minimum atomic E-state index is -2.34. The van der Waals surface area contributed by atoms with Crippen molar-refractivity contribution < 1.29 is 8.78 Å². The highest BCUT2D eigenvalue weighted by Crippen LogP contribution is 1.93. The predicted octanol–water partition coefficient (Wildman–Crippen LogP) is 1.35. The lowest BCUT2D eigenvalue weighted by molar-refractivity contribution is 0.151. The Hall–Kier alpha value is -0.140. The van der Waals surface area contributed by atoms with Crippen LogP contribution in [0, 0.1) is 6.92 Å². The lowest BCUT2D eigenvalue weighted by Crippen LogP contribution is -1.81. The number of hydrogen-bond donors (Lipinski definition) is 0. The van der Waals surface area contributed by atoms with E-state index in [1.165, 1.54) is 0 Å². The second kappa shape index (κ2) is 2.12. The SMILES string of the molecule is [CH]CC(F)F. The third-order valence-electron chi connectivity index (χ3n) is 0.178. The van der Waals surface area contributed by atoms with E-state index in [0.717, 1.165) is 0 Å². The zero-order chi connectivity index (χ0) is 4.28. The molecule has 2 radical (unpaired) electrons. The molecule has 0 rings (SSSR count). The molecule has 0 spiro atoms. The minimum absolute atomic E-state index is 0.528. The summed E-state index contributed by atoms with van der Waals surface area (Å²) in [4.78, 5) is 0. The van der Waals surface area contributed by atoms with Gasteiger partial charge >= 0.3 is 0 Å². The molecule has 0 aromatic rings. The van der Waals surface area contributed by atoms with E-state index in [2.05, 4.69) is 6.92 Å². The molecular formula is C3H4F2. The smallest absolute Gasteiger partial charge is 0.211 e. The Kier molecular flexibility index (Phi) is 2.06. The Balaban J connectivity index is 2.54. The van der Waals surface area contributed by atoms with Gasteiger partial charge in [-0.1, -0.05) is 0 Å². The Morgan fingerprint density at radius 2 is 1.80 bits per heavy atom. The van der Waals surface area contributed by atoms with Gasteiger partial charge in [0.15, 0.2) is 0 Å². The highest BCUT2D eigenvalue weighted by atomic mass is 19.3. The second-order valence-electron chi connectivity index (χ2n) is 0.627. The first-order valence-electron chi connectivity index (χ1n) is 1.25. The maximum absolute atomic E-state index is 10.6. The molecule has 0 N–H and O–H groups in total. The van der Waals surface area contributed by atoms with Gasteiger partial charge in [0.25, 0.3) is 0 Å². The molecule has 0 aliphatic rings. The van der Waals surface area contributed by atoms with Gasteiger partial charge in [0.05, 0.1) is 0 Å². The van der Waals surface area contributed by atoms with Crippen molar-refractivity contribution in [2.45, 2.75) is 12.8 Å². The van der Waals surface area contributed by atoms with Crippen LogP contribution in [0.3, 0.4) is 0 Å². The van der Waals surface area contributed by atoms with E-state index in [4.69, 9.17) is 0 Å². The van der Waals surface area contributed by atoms with Crippen molar-refractivity contribution in [3.05, 3.63) is 6.92 Å². The largest absolute Gasteiger partial charge is 0.238 e. The third kappa shape index (κ3) is 3.86. The number of halogens is 2. The van der Waals surface area contributed by atoms with E-state index in [0.29, 0.717) is 0 Å². The van der Waals surface area contributed by atoms with Crippen molar-refractivity contribution in [3.8, 4) is 0 Å². The number of alkyl halides is 2. The molecule has 0 fully saturated rings. The fourth-order valence-corrected chi connectivity index (χ4v) is 0. The van der Waals surface area contributed by atoms with Crippen LogP contribution in [0.4, 0.5) is 8.78 Å². The first-order valence-corrected chi connectivity index (χ1v) is 1.25. The highest BCUT2D eigenvalue weighted by molar-refractivity contribution is 4.37. The molecule has 0 saturated heterocycles. The van der Waals surface area contributed by atoms with Crippen LogP contribution in [-0.4, -0.2) is 6.43 Å². The molecule has 0 atom stereocenters. The average Bonchev–Trinajstić information content (AvgIpc) is 1.38. The Morgan fingerprint density at radius 3 is 1.80 bits per heavy atom. The van der Waals surface area contributed by atoms with Crippen LogP contribution in [0.1, 0.15) is 6.42 Å². The molecule has 0 bridgehead atoms. The minimum Gasteiger partial charge on any atom is -0.211 e. The monoisotopic (exact) mass is 78.0 g/mol. The quantitative estimate of drug-likeness (QED) is 0.444. The predicted molar refractivity (Wildman–Crippen MR) is 14.9 cm³/mol. The van der Waals surface area contributed by atoms with Gasteiger partial charge in [0, 0.05) is 6.42 Å². The summed E-state index contributed by atoms with van der Waals surface area (Å²) in [5.41, 5.74) is 0. The fraction of sp³-hybridized carbons (Fsp3) is 0.667. The normalized spacial score (nSPS) is 9.60. The molecule has 5 heavy (non-hydrogen) atoms. The molecule has 30 valence electrons. The first-order chi connectivity index (χ1) is 2.27. The molecule has 0 unspecified atom stereocenters. The van der Waals surface area contributed by atoms with Crippen molar-refractivity contribution in [1.29, 1.82) is 0 Å². The van der Waals surface area contributed by atoms with Crippen LogP contribution in [-0.2, 0) is 0 Å². The fourth-order valence-electron chi connectivity index (χ4n) is 0. The van der Waals surface area contributed by atoms with Gasteiger partial charge in [0.2, 0.25) is 6.43 Å². The van der Waals surface area contributed by atoms with Crippen LogP contribution < -0.4 is 0 Å². The molecule has 0 saturated carbocycles. The maximum Gasteiger partial charge on any atom is 0.238 e. The van der Waals surface area contributed by atoms with Gasteiger partial charge in [-0.05, 0) is 6.92 Å². The molecule has 0 aromatic heterocycles. The Morgan fingerprint density at radius 1 is 1.60 bits per heavy atom. The number of hydrogen-bond acceptors (Lipinski definition) is 0. The maximum atomic E-state index is 10.6. The van der Waals surface area contributed by atoms with Gasteiger partial charge in [0.1, 0.15) is 0 Å². The highest BCUT2D eigenvalue weighted by Gasteiger charge is 1.91. The summed E-state index contributed by atoms with van der Waals surface area (Å²) >= 11 is 0. The van der Waals surface area contributed by atoms with Crippen LogP contribution in [0.5, 0.6) is 0 Å². The summed E-state index contributed by atoms with van der Waals surface area (Å²) in [6.45, 7) is 4.42. The van der Waals surface area contributed by atoms with Crippen molar-refractivity contribution in [3.63, 3.8) is 0 Å². The van der Waals surface area contributed by atoms with E-state index in [1.54, 1.807) is 0 Å². The van der Waals surface area contributed by atoms with Gasteiger partial charge in [-0.15, -0.1) is 0 Å². The van der Waals surface area contributed by atoms with Gasteiger partial charge in [-0.25, -0.2) is 8.78 Å². The molecule has 0 amide bonds. The van der Waals surface area contributed by atoms with Crippen molar-refractivity contribution >= 4 is 0 Å². The molecule has 0 aliphatic carbocycles. The Labute approximate surface area is 29.8 Å². The van der Waals surface area contributed by atoms with Crippen molar-refractivity contribution in [2.24, 2.45) is 0 Å². The van der Waals surface area contributed by atoms with Crippen LogP contribution in [0.2, 0.25) is 0 Å². The summed E-state index contributed by atoms with van der Waals surface area (Å²) < 4.78 is 21.3. The van der Waals surface area contributed by atoms with E-state index in [-0.39, 0.29) is 0 Å². The van der Waals surface area contributed by atoms with Gasteiger partial charge < -0.3 is 0 Å². The molecule has 0 aliphatic heterocycles. The van der Waals surface area contributed by atoms with E-state index >= 15 is 0 Å². The molecule has 0 heterocycles. The lowest BCUT2D eigenvalue weighted by atomic mass is 10.5. The average molecular weight is 78.1 g/mol. The molecule has 0 nitrogen and oxygen atoms in total. The van der Waals surface area contributed by atoms with E-state index < -0.39 is 12.8 Å². The summed E-state index contributed by atoms with van der Waals surface area (Å²) in [5.74, 6) is 0. The van der Waals surface area contributed by atoms with Crippen LogP contribution in [0.25, 0.3) is 0 Å². The molecular weight excluding hydrogens is 74.0 g/mol. The summed E-state index contributed by atoms with van der Waals surface area (Å²) in [7, 11) is 0.